The fourth-order valence-corrected chi connectivity index (χ4v) is 7.01. The monoisotopic (exact) mass is 536 g/mol. The molecule has 6 rings (SSSR count). The van der Waals surface area contributed by atoms with Gasteiger partial charge in [0.1, 0.15) is 5.75 Å². The summed E-state index contributed by atoms with van der Waals surface area (Å²) in [6.07, 6.45) is 6.09. The van der Waals surface area contributed by atoms with E-state index in [1.807, 2.05) is 32.0 Å². The smallest absolute Gasteiger partial charge is 0.251 e. The van der Waals surface area contributed by atoms with Crippen molar-refractivity contribution >= 4 is 5.91 Å². The fraction of sp³-hybridized carbons (Fsp3) is 0.472. The summed E-state index contributed by atoms with van der Waals surface area (Å²) in [5, 5.41) is 3.18. The SMILES string of the molecule is CC(C)Oc1cccc(-c2ccc(CCNC(=O)c3ccc4c(c3)C3(C)CCN(CC5CC5)C(C4)C3C)cc2)c1. The molecule has 210 valence electrons. The van der Waals surface area contributed by atoms with E-state index in [2.05, 4.69) is 72.6 Å². The van der Waals surface area contributed by atoms with Crippen molar-refractivity contribution in [1.29, 1.82) is 0 Å². The van der Waals surface area contributed by atoms with E-state index >= 15 is 0 Å². The van der Waals surface area contributed by atoms with E-state index in [1.54, 1.807) is 0 Å². The van der Waals surface area contributed by atoms with Crippen LogP contribution in [0.4, 0.5) is 0 Å². The molecule has 1 N–H and O–H groups in total. The van der Waals surface area contributed by atoms with Crippen LogP contribution in [0.25, 0.3) is 11.1 Å². The van der Waals surface area contributed by atoms with Gasteiger partial charge in [0.2, 0.25) is 0 Å². The zero-order chi connectivity index (χ0) is 27.9. The Morgan fingerprint density at radius 1 is 1.05 bits per heavy atom. The summed E-state index contributed by atoms with van der Waals surface area (Å²) >= 11 is 0. The van der Waals surface area contributed by atoms with Gasteiger partial charge in [0.15, 0.2) is 0 Å². The minimum Gasteiger partial charge on any atom is -0.491 e. The van der Waals surface area contributed by atoms with Crippen molar-refractivity contribution in [1.82, 2.24) is 10.2 Å². The Morgan fingerprint density at radius 3 is 2.60 bits per heavy atom. The normalized spacial score (nSPS) is 24.0. The molecule has 1 aliphatic heterocycles. The molecule has 0 aromatic heterocycles. The van der Waals surface area contributed by atoms with E-state index in [1.165, 1.54) is 54.6 Å². The molecule has 1 saturated heterocycles. The third kappa shape index (κ3) is 5.56. The Hall–Kier alpha value is -3.11. The molecule has 2 fully saturated rings. The van der Waals surface area contributed by atoms with Crippen LogP contribution in [0.15, 0.2) is 66.7 Å². The van der Waals surface area contributed by atoms with Crippen LogP contribution in [-0.4, -0.2) is 42.6 Å². The number of carbonyl (C=O) groups excluding carboxylic acids is 1. The fourth-order valence-electron chi connectivity index (χ4n) is 7.01. The largest absolute Gasteiger partial charge is 0.491 e. The summed E-state index contributed by atoms with van der Waals surface area (Å²) in [5.74, 6) is 2.47. The van der Waals surface area contributed by atoms with Gasteiger partial charge in [-0.15, -0.1) is 0 Å². The third-order valence-electron chi connectivity index (χ3n) is 9.77. The van der Waals surface area contributed by atoms with Gasteiger partial charge < -0.3 is 10.1 Å². The van der Waals surface area contributed by atoms with Crippen molar-refractivity contribution in [3.63, 3.8) is 0 Å². The number of nitrogens with zero attached hydrogens (tertiary/aromatic N) is 1. The molecule has 4 nitrogen and oxygen atoms in total. The molecule has 1 amide bonds. The maximum Gasteiger partial charge on any atom is 0.251 e. The van der Waals surface area contributed by atoms with Gasteiger partial charge in [-0.05, 0) is 122 Å². The molecule has 1 heterocycles. The first-order valence-corrected chi connectivity index (χ1v) is 15.3. The molecular formula is C36H44N2O2. The predicted octanol–water partition coefficient (Wildman–Crippen LogP) is 7.05. The molecule has 40 heavy (non-hydrogen) atoms. The lowest BCUT2D eigenvalue weighted by Gasteiger charge is -2.55. The minimum atomic E-state index is 0.0333. The molecule has 4 heteroatoms. The van der Waals surface area contributed by atoms with Gasteiger partial charge >= 0.3 is 0 Å². The van der Waals surface area contributed by atoms with Gasteiger partial charge in [0.05, 0.1) is 6.10 Å². The summed E-state index contributed by atoms with van der Waals surface area (Å²) in [6.45, 7) is 12.1. The summed E-state index contributed by atoms with van der Waals surface area (Å²) in [7, 11) is 0. The number of rotatable bonds is 9. The van der Waals surface area contributed by atoms with Crippen LogP contribution in [0, 0.1) is 11.8 Å². The zero-order valence-electron chi connectivity index (χ0n) is 24.6. The van der Waals surface area contributed by atoms with Crippen molar-refractivity contribution < 1.29 is 9.53 Å². The van der Waals surface area contributed by atoms with Gasteiger partial charge in [0, 0.05) is 24.7 Å². The van der Waals surface area contributed by atoms with Gasteiger partial charge in [-0.1, -0.05) is 56.3 Å². The van der Waals surface area contributed by atoms with Crippen LogP contribution < -0.4 is 10.1 Å². The number of hydrogen-bond acceptors (Lipinski definition) is 3. The van der Waals surface area contributed by atoms with Crippen LogP contribution in [0.3, 0.4) is 0 Å². The summed E-state index contributed by atoms with van der Waals surface area (Å²) in [6, 6.07) is 24.0. The van der Waals surface area contributed by atoms with Gasteiger partial charge in [-0.25, -0.2) is 0 Å². The molecule has 3 aromatic carbocycles. The molecule has 3 atom stereocenters. The summed E-state index contributed by atoms with van der Waals surface area (Å²) in [4.78, 5) is 16.0. The molecule has 3 aliphatic rings. The van der Waals surface area contributed by atoms with Crippen LogP contribution >= 0.6 is 0 Å². The van der Waals surface area contributed by atoms with Crippen LogP contribution in [-0.2, 0) is 18.3 Å². The van der Waals surface area contributed by atoms with E-state index in [0.29, 0.717) is 18.5 Å². The highest BCUT2D eigenvalue weighted by atomic mass is 16.5. The number of ether oxygens (including phenoxy) is 1. The second-order valence-corrected chi connectivity index (χ2v) is 12.9. The Labute approximate surface area is 240 Å². The van der Waals surface area contributed by atoms with Gasteiger partial charge in [0.25, 0.3) is 5.91 Å². The second-order valence-electron chi connectivity index (χ2n) is 12.9. The van der Waals surface area contributed by atoms with Crippen molar-refractivity contribution in [2.24, 2.45) is 11.8 Å². The first kappa shape index (κ1) is 27.1. The lowest BCUT2D eigenvalue weighted by atomic mass is 9.59. The Balaban J connectivity index is 1.07. The van der Waals surface area contributed by atoms with E-state index < -0.39 is 0 Å². The molecule has 3 unspecified atom stereocenters. The lowest BCUT2D eigenvalue weighted by molar-refractivity contribution is 0.0284. The second kappa shape index (κ2) is 11.0. The highest BCUT2D eigenvalue weighted by Gasteiger charge is 2.49. The van der Waals surface area contributed by atoms with E-state index in [9.17, 15) is 4.79 Å². The van der Waals surface area contributed by atoms with Gasteiger partial charge in [-0.2, -0.15) is 0 Å². The third-order valence-corrected chi connectivity index (χ3v) is 9.77. The molecule has 0 radical (unpaired) electrons. The molecule has 2 bridgehead atoms. The average Bonchev–Trinajstić information content (AvgIpc) is 3.76. The Morgan fingerprint density at radius 2 is 1.85 bits per heavy atom. The molecule has 3 aromatic rings. The maximum atomic E-state index is 13.2. The van der Waals surface area contributed by atoms with Crippen LogP contribution in [0.5, 0.6) is 5.75 Å². The summed E-state index contributed by atoms with van der Waals surface area (Å²) in [5.41, 5.74) is 7.33. The first-order valence-electron chi connectivity index (χ1n) is 15.3. The van der Waals surface area contributed by atoms with Crippen molar-refractivity contribution in [3.8, 4) is 16.9 Å². The molecular weight excluding hydrogens is 492 g/mol. The van der Waals surface area contributed by atoms with Crippen molar-refractivity contribution in [2.45, 2.75) is 77.4 Å². The number of amides is 1. The standard InChI is InChI=1S/C36H44N2O2/c1-24(2)40-32-7-5-6-29(20-32)28-12-10-26(11-13-28)16-18-37-35(39)31-15-14-30-22-34-25(3)36(4,33(30)21-31)17-19-38(34)23-27-8-9-27/h5-7,10-15,20-21,24-25,27,34H,8-9,16-19,22-23H2,1-4H3,(H,37,39). The highest BCUT2D eigenvalue weighted by Crippen LogP contribution is 2.49. The summed E-state index contributed by atoms with van der Waals surface area (Å²) < 4.78 is 5.85. The molecule has 0 spiro atoms. The lowest BCUT2D eigenvalue weighted by Crippen LogP contribution is -2.58. The number of fused-ring (bicyclic) bond motifs is 4. The predicted molar refractivity (Wildman–Crippen MR) is 163 cm³/mol. The molecule has 2 aliphatic carbocycles. The minimum absolute atomic E-state index is 0.0333. The van der Waals surface area contributed by atoms with Crippen molar-refractivity contribution in [3.05, 3.63) is 89.0 Å². The maximum absolute atomic E-state index is 13.2. The first-order chi connectivity index (χ1) is 19.3. The van der Waals surface area contributed by atoms with Crippen LogP contribution in [0.1, 0.15) is 74.0 Å². The number of hydrogen-bond donors (Lipinski definition) is 1. The quantitative estimate of drug-likeness (QED) is 0.319. The number of nitrogens with one attached hydrogen (secondary N) is 1. The Kier molecular flexibility index (Phi) is 7.48. The van der Waals surface area contributed by atoms with E-state index in [0.717, 1.165) is 35.6 Å². The highest BCUT2D eigenvalue weighted by molar-refractivity contribution is 5.94. The van der Waals surface area contributed by atoms with Gasteiger partial charge in [-0.3, -0.25) is 9.69 Å². The Bertz CT molecular complexity index is 1360. The van der Waals surface area contributed by atoms with Crippen LogP contribution in [0.2, 0.25) is 0 Å². The average molecular weight is 537 g/mol. The molecule has 1 saturated carbocycles. The number of piperidine rings is 1. The number of likely N-dealkylation sites (tertiary alicyclic amines) is 1. The topological polar surface area (TPSA) is 41.6 Å². The van der Waals surface area contributed by atoms with E-state index in [-0.39, 0.29) is 17.4 Å². The zero-order valence-corrected chi connectivity index (χ0v) is 24.6. The number of benzene rings is 3. The van der Waals surface area contributed by atoms with E-state index in [4.69, 9.17) is 4.74 Å². The van der Waals surface area contributed by atoms with Crippen molar-refractivity contribution in [2.75, 3.05) is 19.6 Å². The number of carbonyl (C=O) groups is 1.